The van der Waals surface area contributed by atoms with Crippen molar-refractivity contribution >= 4 is 11.6 Å². The van der Waals surface area contributed by atoms with Crippen LogP contribution in [0.4, 0.5) is 0 Å². The van der Waals surface area contributed by atoms with Crippen LogP contribution in [0.1, 0.15) is 25.0 Å². The summed E-state index contributed by atoms with van der Waals surface area (Å²) in [5, 5.41) is 0.802. The maximum Gasteiger partial charge on any atom is 0.0484 e. The van der Waals surface area contributed by atoms with E-state index in [4.69, 9.17) is 11.6 Å². The van der Waals surface area contributed by atoms with Crippen LogP contribution in [-0.4, -0.2) is 0 Å². The molecule has 0 bridgehead atoms. The van der Waals surface area contributed by atoms with E-state index in [0.717, 1.165) is 10.6 Å². The molecule has 0 nitrogen and oxygen atoms in total. The van der Waals surface area contributed by atoms with E-state index in [0.29, 0.717) is 0 Å². The van der Waals surface area contributed by atoms with Crippen LogP contribution in [0.2, 0.25) is 5.02 Å². The summed E-state index contributed by atoms with van der Waals surface area (Å²) in [6.07, 6.45) is 0. The monoisotopic (exact) mass is 304 g/mol. The van der Waals surface area contributed by atoms with Gasteiger partial charge in [-0.2, -0.15) is 0 Å². The first-order chi connectivity index (χ1) is 10.6. The second-order valence-electron chi connectivity index (χ2n) is 6.41. The van der Waals surface area contributed by atoms with Gasteiger partial charge in [0.15, 0.2) is 0 Å². The van der Waals surface area contributed by atoms with Crippen LogP contribution in [0.15, 0.2) is 66.7 Å². The van der Waals surface area contributed by atoms with Crippen molar-refractivity contribution in [1.29, 1.82) is 0 Å². The first-order valence-electron chi connectivity index (χ1n) is 7.58. The van der Waals surface area contributed by atoms with Gasteiger partial charge in [-0.25, -0.2) is 0 Å². The number of hydrogen-bond acceptors (Lipinski definition) is 0. The van der Waals surface area contributed by atoms with Gasteiger partial charge in [-0.05, 0) is 39.9 Å². The van der Waals surface area contributed by atoms with E-state index < -0.39 is 0 Å². The minimum Gasteiger partial charge on any atom is -0.0837 e. The molecule has 0 spiro atoms. The fourth-order valence-corrected chi connectivity index (χ4v) is 3.81. The highest BCUT2D eigenvalue weighted by Gasteiger charge is 2.35. The van der Waals surface area contributed by atoms with E-state index in [9.17, 15) is 0 Å². The molecule has 4 rings (SSSR count). The Morgan fingerprint density at radius 3 is 2.09 bits per heavy atom. The van der Waals surface area contributed by atoms with Gasteiger partial charge in [-0.15, -0.1) is 0 Å². The molecule has 1 heteroatoms. The molecule has 0 atom stereocenters. The van der Waals surface area contributed by atoms with Gasteiger partial charge in [-0.3, -0.25) is 0 Å². The van der Waals surface area contributed by atoms with Crippen molar-refractivity contribution in [2.24, 2.45) is 0 Å². The van der Waals surface area contributed by atoms with Crippen LogP contribution in [0.3, 0.4) is 0 Å². The highest BCUT2D eigenvalue weighted by atomic mass is 35.5. The Morgan fingerprint density at radius 2 is 1.32 bits per heavy atom. The van der Waals surface area contributed by atoms with Crippen molar-refractivity contribution in [1.82, 2.24) is 0 Å². The van der Waals surface area contributed by atoms with Gasteiger partial charge < -0.3 is 0 Å². The first-order valence-corrected chi connectivity index (χ1v) is 7.96. The lowest BCUT2D eigenvalue weighted by molar-refractivity contribution is 0.660. The third-order valence-electron chi connectivity index (χ3n) is 4.77. The number of rotatable bonds is 1. The summed E-state index contributed by atoms with van der Waals surface area (Å²) in [6, 6.07) is 23.5. The van der Waals surface area contributed by atoms with Crippen molar-refractivity contribution in [3.63, 3.8) is 0 Å². The van der Waals surface area contributed by atoms with Gasteiger partial charge in [0.1, 0.15) is 0 Å². The van der Waals surface area contributed by atoms with E-state index >= 15 is 0 Å². The average Bonchev–Trinajstić information content (AvgIpc) is 2.76. The molecule has 0 heterocycles. The van der Waals surface area contributed by atoms with Gasteiger partial charge in [0, 0.05) is 16.0 Å². The molecule has 22 heavy (non-hydrogen) atoms. The van der Waals surface area contributed by atoms with Crippen molar-refractivity contribution < 1.29 is 0 Å². The largest absolute Gasteiger partial charge is 0.0837 e. The Morgan fingerprint density at radius 1 is 0.682 bits per heavy atom. The molecule has 3 aromatic carbocycles. The Labute approximate surface area is 136 Å². The Bertz CT molecular complexity index is 875. The molecular formula is C21H17Cl. The minimum atomic E-state index is 0.0309. The van der Waals surface area contributed by atoms with Crippen LogP contribution in [0.25, 0.3) is 22.3 Å². The highest BCUT2D eigenvalue weighted by molar-refractivity contribution is 6.33. The predicted octanol–water partition coefficient (Wildman–Crippen LogP) is 6.31. The fraction of sp³-hybridized carbons (Fsp3) is 0.143. The zero-order chi connectivity index (χ0) is 15.3. The normalized spacial score (nSPS) is 14.5. The van der Waals surface area contributed by atoms with E-state index in [1.807, 2.05) is 18.2 Å². The van der Waals surface area contributed by atoms with E-state index in [2.05, 4.69) is 62.4 Å². The van der Waals surface area contributed by atoms with Gasteiger partial charge in [0.05, 0.1) is 0 Å². The van der Waals surface area contributed by atoms with Crippen LogP contribution in [0.5, 0.6) is 0 Å². The maximum absolute atomic E-state index is 6.37. The van der Waals surface area contributed by atoms with Crippen molar-refractivity contribution in [2.75, 3.05) is 0 Å². The Balaban J connectivity index is 1.95. The highest BCUT2D eigenvalue weighted by Crippen LogP contribution is 2.49. The van der Waals surface area contributed by atoms with Gasteiger partial charge in [0.25, 0.3) is 0 Å². The molecule has 0 saturated carbocycles. The summed E-state index contributed by atoms with van der Waals surface area (Å²) < 4.78 is 0. The molecule has 0 unspecified atom stereocenters. The molecule has 108 valence electrons. The lowest BCUT2D eigenvalue weighted by atomic mass is 9.81. The van der Waals surface area contributed by atoms with Crippen LogP contribution < -0.4 is 0 Å². The minimum absolute atomic E-state index is 0.0309. The molecule has 0 amide bonds. The molecule has 0 fully saturated rings. The molecule has 1 aliphatic rings. The molecule has 3 aromatic rings. The van der Waals surface area contributed by atoms with Crippen LogP contribution >= 0.6 is 11.6 Å². The fourth-order valence-electron chi connectivity index (χ4n) is 3.57. The third kappa shape index (κ3) is 1.84. The number of benzene rings is 3. The Hall–Kier alpha value is -2.05. The van der Waals surface area contributed by atoms with Crippen molar-refractivity contribution in [2.45, 2.75) is 19.3 Å². The van der Waals surface area contributed by atoms with E-state index in [1.165, 1.54) is 27.8 Å². The molecule has 0 saturated heterocycles. The summed E-state index contributed by atoms with van der Waals surface area (Å²) in [5.41, 5.74) is 7.80. The lowest BCUT2D eigenvalue weighted by Crippen LogP contribution is -2.14. The zero-order valence-corrected chi connectivity index (χ0v) is 13.5. The molecule has 0 radical (unpaired) electrons. The van der Waals surface area contributed by atoms with Gasteiger partial charge in [0.2, 0.25) is 0 Å². The molecule has 0 aromatic heterocycles. The Kier molecular flexibility index (Phi) is 2.92. The standard InChI is InChI=1S/C21H17Cl/c1-21(2)18-9-5-3-8-16(18)17-12-11-14(13-19(17)21)15-7-4-6-10-20(15)22/h3-13H,1-2H3. The quantitative estimate of drug-likeness (QED) is 0.494. The van der Waals surface area contributed by atoms with Gasteiger partial charge >= 0.3 is 0 Å². The third-order valence-corrected chi connectivity index (χ3v) is 5.10. The van der Waals surface area contributed by atoms with Crippen LogP contribution in [-0.2, 0) is 5.41 Å². The van der Waals surface area contributed by atoms with E-state index in [1.54, 1.807) is 0 Å². The topological polar surface area (TPSA) is 0 Å². The second kappa shape index (κ2) is 4.72. The average molecular weight is 305 g/mol. The van der Waals surface area contributed by atoms with E-state index in [-0.39, 0.29) is 5.41 Å². The lowest BCUT2D eigenvalue weighted by Gasteiger charge is -2.22. The van der Waals surface area contributed by atoms with Crippen molar-refractivity contribution in [3.05, 3.63) is 82.9 Å². The molecular weight excluding hydrogens is 288 g/mol. The zero-order valence-electron chi connectivity index (χ0n) is 12.7. The predicted molar refractivity (Wildman–Crippen MR) is 94.5 cm³/mol. The molecule has 1 aliphatic carbocycles. The van der Waals surface area contributed by atoms with Crippen molar-refractivity contribution in [3.8, 4) is 22.3 Å². The molecule has 0 N–H and O–H groups in total. The number of halogens is 1. The number of fused-ring (bicyclic) bond motifs is 3. The van der Waals surface area contributed by atoms with Crippen LogP contribution in [0, 0.1) is 0 Å². The molecule has 0 aliphatic heterocycles. The van der Waals surface area contributed by atoms with Gasteiger partial charge in [-0.1, -0.05) is 80.0 Å². The maximum atomic E-state index is 6.37. The smallest absolute Gasteiger partial charge is 0.0484 e. The number of hydrogen-bond donors (Lipinski definition) is 0. The summed E-state index contributed by atoms with van der Waals surface area (Å²) in [5.74, 6) is 0. The second-order valence-corrected chi connectivity index (χ2v) is 6.82. The summed E-state index contributed by atoms with van der Waals surface area (Å²) in [7, 11) is 0. The summed E-state index contributed by atoms with van der Waals surface area (Å²) in [6.45, 7) is 4.60. The summed E-state index contributed by atoms with van der Waals surface area (Å²) in [4.78, 5) is 0. The first kappa shape index (κ1) is 13.6. The SMILES string of the molecule is CC1(C)c2ccccc2-c2ccc(-c3ccccc3Cl)cc21. The summed E-state index contributed by atoms with van der Waals surface area (Å²) >= 11 is 6.37.